The highest BCUT2D eigenvalue weighted by Gasteiger charge is 2.35. The second kappa shape index (κ2) is 8.98. The van der Waals surface area contributed by atoms with Crippen LogP contribution in [-0.4, -0.2) is 49.7 Å². The molecule has 0 saturated carbocycles. The summed E-state index contributed by atoms with van der Waals surface area (Å²) < 4.78 is 1.29. The van der Waals surface area contributed by atoms with Crippen LogP contribution >= 0.6 is 0 Å². The third-order valence-electron chi connectivity index (χ3n) is 2.94. The van der Waals surface area contributed by atoms with Crippen LogP contribution in [0.5, 0.6) is 0 Å². The first-order valence-electron chi connectivity index (χ1n) is 7.21. The number of unbranched alkanes of at least 4 members (excludes halogenated alkanes) is 1. The van der Waals surface area contributed by atoms with Crippen LogP contribution in [-0.2, 0) is 20.2 Å². The van der Waals surface area contributed by atoms with Crippen molar-refractivity contribution < 1.29 is 30.4 Å². The third kappa shape index (κ3) is 5.76. The van der Waals surface area contributed by atoms with Crippen molar-refractivity contribution in [1.82, 2.24) is 20.1 Å². The van der Waals surface area contributed by atoms with Gasteiger partial charge < -0.3 is 5.32 Å². The molecule has 138 valence electrons. The highest BCUT2D eigenvalue weighted by atomic mass is 17.3. The van der Waals surface area contributed by atoms with Gasteiger partial charge >= 0.3 is 11.8 Å². The molecule has 0 radical (unpaired) electrons. The fourth-order valence-corrected chi connectivity index (χ4v) is 1.74. The highest BCUT2D eigenvalue weighted by molar-refractivity contribution is 5.28. The fraction of sp³-hybridized carbons (Fsp3) is 0.750. The number of hydrogen-bond acceptors (Lipinski definition) is 11. The molecule has 0 spiro atoms. The second-order valence-corrected chi connectivity index (χ2v) is 5.90. The number of hydrogen-bond donors (Lipinski definition) is 5. The molecule has 1 heterocycles. The molecule has 0 saturated heterocycles. The maximum atomic E-state index is 11.9. The molecule has 0 bridgehead atoms. The minimum Gasteiger partial charge on any atom is -0.369 e. The molecular weight excluding hydrogens is 326 g/mol. The first-order chi connectivity index (χ1) is 11.3. The Morgan fingerprint density at radius 3 is 2.21 bits per heavy atom. The van der Waals surface area contributed by atoms with Gasteiger partial charge in [0.1, 0.15) is 0 Å². The number of nitrogens with zero attached hydrogens (tertiary/aromatic N) is 3. The van der Waals surface area contributed by atoms with Crippen LogP contribution in [0.3, 0.4) is 0 Å². The van der Waals surface area contributed by atoms with Crippen LogP contribution in [0.4, 0.5) is 5.82 Å². The summed E-state index contributed by atoms with van der Waals surface area (Å²) in [5, 5.41) is 34.6. The molecule has 1 rings (SSSR count). The molecule has 0 aromatic carbocycles. The van der Waals surface area contributed by atoms with Gasteiger partial charge in [0.15, 0.2) is 5.82 Å². The van der Waals surface area contributed by atoms with E-state index < -0.39 is 17.3 Å². The molecule has 0 atom stereocenters. The largest absolute Gasteiger partial charge is 0.430 e. The molecule has 0 fully saturated rings. The van der Waals surface area contributed by atoms with Crippen molar-refractivity contribution in [3.8, 4) is 0 Å². The predicted molar refractivity (Wildman–Crippen MR) is 80.9 cm³/mol. The zero-order chi connectivity index (χ0) is 18.2. The summed E-state index contributed by atoms with van der Waals surface area (Å²) in [6.07, 6.45) is 0.0673. The molecular formula is C12H23N5O7. The van der Waals surface area contributed by atoms with Crippen molar-refractivity contribution in [1.29, 1.82) is 0 Å². The van der Waals surface area contributed by atoms with Gasteiger partial charge in [0, 0.05) is 13.1 Å². The Kier molecular flexibility index (Phi) is 7.62. The average molecular weight is 349 g/mol. The van der Waals surface area contributed by atoms with Crippen molar-refractivity contribution >= 4 is 5.82 Å². The fourth-order valence-electron chi connectivity index (χ4n) is 1.74. The SMILES string of the molecule is CC(C)(C)n1ncc(NCCCCNC(OO)(OO)OO)nc1=O. The first-order valence-corrected chi connectivity index (χ1v) is 7.21. The summed E-state index contributed by atoms with van der Waals surface area (Å²) in [5.74, 6) is 0.360. The third-order valence-corrected chi connectivity index (χ3v) is 2.94. The summed E-state index contributed by atoms with van der Waals surface area (Å²) in [6, 6.07) is 0. The van der Waals surface area contributed by atoms with Gasteiger partial charge in [0.2, 0.25) is 0 Å². The summed E-state index contributed by atoms with van der Waals surface area (Å²) >= 11 is 0. The zero-order valence-electron chi connectivity index (χ0n) is 13.7. The zero-order valence-corrected chi connectivity index (χ0v) is 13.7. The molecule has 0 aliphatic heterocycles. The lowest BCUT2D eigenvalue weighted by Crippen LogP contribution is -2.51. The van der Waals surface area contributed by atoms with E-state index in [-0.39, 0.29) is 6.54 Å². The van der Waals surface area contributed by atoms with Gasteiger partial charge in [-0.1, -0.05) is 0 Å². The number of nitrogens with one attached hydrogen (secondary N) is 2. The first kappa shape index (κ1) is 20.4. The lowest BCUT2D eigenvalue weighted by molar-refractivity contribution is -0.622. The molecule has 12 nitrogen and oxygen atoms in total. The Morgan fingerprint density at radius 2 is 1.71 bits per heavy atom. The van der Waals surface area contributed by atoms with Crippen molar-refractivity contribution in [3.05, 3.63) is 16.7 Å². The lowest BCUT2D eigenvalue weighted by atomic mass is 10.1. The van der Waals surface area contributed by atoms with Crippen LogP contribution in [0.25, 0.3) is 0 Å². The molecule has 1 aromatic heterocycles. The van der Waals surface area contributed by atoms with Gasteiger partial charge in [0.05, 0.1) is 11.7 Å². The normalized spacial score (nSPS) is 12.4. The number of rotatable bonds is 10. The molecule has 0 amide bonds. The van der Waals surface area contributed by atoms with E-state index in [1.807, 2.05) is 20.8 Å². The molecule has 0 aliphatic carbocycles. The van der Waals surface area contributed by atoms with Gasteiger partial charge in [-0.15, -0.1) is 0 Å². The Labute approximate surface area is 137 Å². The Balaban J connectivity index is 2.36. The van der Waals surface area contributed by atoms with Gasteiger partial charge in [-0.3, -0.25) is 0 Å². The average Bonchev–Trinajstić information content (AvgIpc) is 2.54. The maximum absolute atomic E-state index is 11.9. The molecule has 12 heteroatoms. The Hall–Kier alpha value is -1.67. The maximum Gasteiger partial charge on any atom is 0.430 e. The van der Waals surface area contributed by atoms with E-state index in [0.29, 0.717) is 25.2 Å². The Bertz CT molecular complexity index is 547. The summed E-state index contributed by atoms with van der Waals surface area (Å²) in [7, 11) is 0. The van der Waals surface area contributed by atoms with Crippen LogP contribution in [0.15, 0.2) is 11.0 Å². The van der Waals surface area contributed by atoms with Crippen LogP contribution < -0.4 is 16.3 Å². The highest BCUT2D eigenvalue weighted by Crippen LogP contribution is 2.09. The van der Waals surface area contributed by atoms with Crippen molar-refractivity contribution in [2.45, 2.75) is 45.2 Å². The van der Waals surface area contributed by atoms with Crippen molar-refractivity contribution in [2.24, 2.45) is 0 Å². The topological polar surface area (TPSA) is 160 Å². The van der Waals surface area contributed by atoms with E-state index in [1.54, 1.807) is 0 Å². The molecule has 5 N–H and O–H groups in total. The van der Waals surface area contributed by atoms with Gasteiger partial charge in [-0.05, 0) is 33.6 Å². The molecule has 0 aliphatic rings. The van der Waals surface area contributed by atoms with E-state index in [1.165, 1.54) is 10.9 Å². The smallest absolute Gasteiger partial charge is 0.369 e. The summed E-state index contributed by atoms with van der Waals surface area (Å²) in [5.41, 5.74) is -0.890. The molecule has 0 unspecified atom stereocenters. The van der Waals surface area contributed by atoms with Crippen LogP contribution in [0, 0.1) is 0 Å². The van der Waals surface area contributed by atoms with Gasteiger partial charge in [-0.2, -0.15) is 24.7 Å². The van der Waals surface area contributed by atoms with E-state index in [9.17, 15) is 4.79 Å². The second-order valence-electron chi connectivity index (χ2n) is 5.90. The number of anilines is 1. The van der Waals surface area contributed by atoms with Gasteiger partial charge in [-0.25, -0.2) is 30.6 Å². The lowest BCUT2D eigenvalue weighted by Gasteiger charge is -2.22. The predicted octanol–water partition coefficient (Wildman–Crippen LogP) is 0.255. The van der Waals surface area contributed by atoms with E-state index in [2.05, 4.69) is 35.4 Å². The van der Waals surface area contributed by atoms with Gasteiger partial charge in [0.25, 0.3) is 0 Å². The monoisotopic (exact) mass is 349 g/mol. The van der Waals surface area contributed by atoms with Crippen LogP contribution in [0.2, 0.25) is 0 Å². The minimum atomic E-state index is -2.55. The van der Waals surface area contributed by atoms with E-state index in [4.69, 9.17) is 15.8 Å². The standard InChI is InChI=1S/C12H23N5O7/c1-11(2,3)17-10(18)16-9(8-15-17)13-6-4-5-7-14-12(22-19,23-20)24-21/h8,14,19-21H,4-7H2,1-3H3,(H,13,16,18). The van der Waals surface area contributed by atoms with Crippen molar-refractivity contribution in [3.63, 3.8) is 0 Å². The Morgan fingerprint density at radius 1 is 1.12 bits per heavy atom. The molecule has 24 heavy (non-hydrogen) atoms. The van der Waals surface area contributed by atoms with Crippen LogP contribution in [0.1, 0.15) is 33.6 Å². The quantitative estimate of drug-likeness (QED) is 0.170. The molecule has 1 aromatic rings. The van der Waals surface area contributed by atoms with E-state index >= 15 is 0 Å². The number of aromatic nitrogens is 3. The summed E-state index contributed by atoms with van der Waals surface area (Å²) in [6.45, 7) is 6.21. The minimum absolute atomic E-state index is 0.167. The van der Waals surface area contributed by atoms with Crippen molar-refractivity contribution in [2.75, 3.05) is 18.4 Å². The summed E-state index contributed by atoms with van der Waals surface area (Å²) in [4.78, 5) is 26.7. The van der Waals surface area contributed by atoms with E-state index in [0.717, 1.165) is 0 Å².